The molecule has 0 aromatic carbocycles. The van der Waals surface area contributed by atoms with Crippen LogP contribution in [0.5, 0.6) is 0 Å². The van der Waals surface area contributed by atoms with Crippen LogP contribution in [0.4, 0.5) is 17.6 Å². The Morgan fingerprint density at radius 1 is 1.29 bits per heavy atom. The van der Waals surface area contributed by atoms with Gasteiger partial charge in [-0.25, -0.2) is 4.98 Å². The quantitative estimate of drug-likeness (QED) is 0.586. The Balaban J connectivity index is 1.39. The molecule has 1 saturated heterocycles. The molecule has 0 radical (unpaired) electrons. The average molecular weight is 442 g/mol. The average Bonchev–Trinajstić information content (AvgIpc) is 3.53. The monoisotopic (exact) mass is 441 g/mol. The number of carbonyl (C=O) groups excluding carboxylic acids is 1. The summed E-state index contributed by atoms with van der Waals surface area (Å²) in [4.78, 5) is 28.8. The van der Waals surface area contributed by atoms with Gasteiger partial charge in [-0.2, -0.15) is 10.1 Å². The standard InChI is InChI=1S/C20H27N9OS/c1-12(2)15-9-17(26-25-15)23-18-13-5-3-6-14(13)22-20(24-18)28-8-4-7-16(28)19(30)27-29-10-21-11-31-29/h9,11-12,16H,3-8,10H2,1-2H3,(H,27,30)(H2,22,23,24,25,26)/t16-/m1/s1. The molecule has 11 heteroatoms. The van der Waals surface area contributed by atoms with Gasteiger partial charge in [-0.15, -0.1) is 4.41 Å². The lowest BCUT2D eigenvalue weighted by Crippen LogP contribution is -2.48. The molecule has 4 heterocycles. The number of H-pyrrole nitrogens is 1. The van der Waals surface area contributed by atoms with Gasteiger partial charge in [0.25, 0.3) is 5.91 Å². The zero-order chi connectivity index (χ0) is 21.4. The van der Waals surface area contributed by atoms with Gasteiger partial charge in [0.15, 0.2) is 5.82 Å². The molecular weight excluding hydrogens is 414 g/mol. The van der Waals surface area contributed by atoms with Gasteiger partial charge >= 0.3 is 0 Å². The molecule has 1 amide bonds. The van der Waals surface area contributed by atoms with Crippen molar-refractivity contribution in [2.75, 3.05) is 23.4 Å². The second-order valence-electron chi connectivity index (χ2n) is 8.38. The highest BCUT2D eigenvalue weighted by Gasteiger charge is 2.35. The molecule has 1 fully saturated rings. The lowest BCUT2D eigenvalue weighted by atomic mass is 10.1. The van der Waals surface area contributed by atoms with Gasteiger partial charge in [0.1, 0.15) is 18.5 Å². The molecule has 3 aliphatic rings. The van der Waals surface area contributed by atoms with Crippen molar-refractivity contribution in [2.45, 2.75) is 57.9 Å². The molecule has 2 aliphatic heterocycles. The number of rotatable bonds is 6. The first kappa shape index (κ1) is 20.3. The Morgan fingerprint density at radius 3 is 2.97 bits per heavy atom. The van der Waals surface area contributed by atoms with Crippen molar-refractivity contribution < 1.29 is 4.79 Å². The molecule has 164 valence electrons. The Labute approximate surface area is 185 Å². The van der Waals surface area contributed by atoms with Crippen LogP contribution in [0, 0.1) is 0 Å². The van der Waals surface area contributed by atoms with Gasteiger partial charge in [0.05, 0.1) is 11.2 Å². The number of carbonyl (C=O) groups is 1. The highest BCUT2D eigenvalue weighted by molar-refractivity contribution is 8.10. The van der Waals surface area contributed by atoms with Gasteiger partial charge in [-0.1, -0.05) is 13.8 Å². The number of aryl methyl sites for hydroxylation is 1. The van der Waals surface area contributed by atoms with Crippen LogP contribution in [0.1, 0.15) is 56.0 Å². The number of aromatic nitrogens is 4. The second kappa shape index (κ2) is 8.46. The smallest absolute Gasteiger partial charge is 0.257 e. The summed E-state index contributed by atoms with van der Waals surface area (Å²) < 4.78 is 1.74. The van der Waals surface area contributed by atoms with E-state index in [1.807, 2.05) is 11.0 Å². The summed E-state index contributed by atoms with van der Waals surface area (Å²) in [6, 6.07) is 1.74. The van der Waals surface area contributed by atoms with E-state index in [2.05, 4.69) is 39.8 Å². The minimum Gasteiger partial charge on any atom is -0.329 e. The van der Waals surface area contributed by atoms with Crippen molar-refractivity contribution in [3.63, 3.8) is 0 Å². The maximum atomic E-state index is 12.9. The zero-order valence-corrected chi connectivity index (χ0v) is 18.6. The Kier molecular flexibility index (Phi) is 5.53. The predicted octanol–water partition coefficient (Wildman–Crippen LogP) is 2.50. The third-order valence-electron chi connectivity index (χ3n) is 5.89. The zero-order valence-electron chi connectivity index (χ0n) is 17.8. The topological polar surface area (TPSA) is 114 Å². The molecule has 5 rings (SSSR count). The van der Waals surface area contributed by atoms with Gasteiger partial charge in [0, 0.05) is 23.9 Å². The fraction of sp³-hybridized carbons (Fsp3) is 0.550. The number of hydrogen-bond acceptors (Lipinski definition) is 9. The van der Waals surface area contributed by atoms with Gasteiger partial charge < -0.3 is 10.2 Å². The Bertz CT molecular complexity index is 997. The normalized spacial score (nSPS) is 20.6. The molecule has 10 nitrogen and oxygen atoms in total. The largest absolute Gasteiger partial charge is 0.329 e. The first-order chi connectivity index (χ1) is 15.1. The number of aliphatic imine (C=N–C) groups is 1. The van der Waals surface area contributed by atoms with Crippen molar-refractivity contribution in [2.24, 2.45) is 4.99 Å². The highest BCUT2D eigenvalue weighted by atomic mass is 32.2. The maximum absolute atomic E-state index is 12.9. The minimum atomic E-state index is -0.286. The summed E-state index contributed by atoms with van der Waals surface area (Å²) >= 11 is 1.39. The van der Waals surface area contributed by atoms with Crippen molar-refractivity contribution in [3.05, 3.63) is 23.0 Å². The van der Waals surface area contributed by atoms with Crippen LogP contribution >= 0.6 is 11.9 Å². The molecule has 1 aliphatic carbocycles. The summed E-state index contributed by atoms with van der Waals surface area (Å²) in [5.74, 6) is 2.50. The third-order valence-corrected chi connectivity index (χ3v) is 6.60. The van der Waals surface area contributed by atoms with Gasteiger partial charge in [-0.05, 0) is 50.0 Å². The fourth-order valence-electron chi connectivity index (χ4n) is 4.24. The second-order valence-corrected chi connectivity index (χ2v) is 9.24. The number of anilines is 3. The van der Waals surface area contributed by atoms with Crippen molar-refractivity contribution >= 4 is 41.0 Å². The fourth-order valence-corrected chi connectivity index (χ4v) is 4.76. The molecule has 31 heavy (non-hydrogen) atoms. The maximum Gasteiger partial charge on any atom is 0.257 e. The molecule has 3 N–H and O–H groups in total. The molecular formula is C20H27N9OS. The molecule has 2 aromatic heterocycles. The van der Waals surface area contributed by atoms with Crippen molar-refractivity contribution in [3.8, 4) is 0 Å². The van der Waals surface area contributed by atoms with E-state index in [0.29, 0.717) is 18.5 Å². The number of aromatic amines is 1. The van der Waals surface area contributed by atoms with E-state index >= 15 is 0 Å². The molecule has 2 aromatic rings. The van der Waals surface area contributed by atoms with Crippen molar-refractivity contribution in [1.29, 1.82) is 0 Å². The number of fused-ring (bicyclic) bond motifs is 1. The number of nitrogens with one attached hydrogen (secondary N) is 3. The third kappa shape index (κ3) is 4.11. The van der Waals surface area contributed by atoms with E-state index < -0.39 is 0 Å². The Morgan fingerprint density at radius 2 is 2.19 bits per heavy atom. The summed E-state index contributed by atoms with van der Waals surface area (Å²) in [6.45, 7) is 5.49. The lowest BCUT2D eigenvalue weighted by molar-refractivity contribution is -0.124. The van der Waals surface area contributed by atoms with Crippen LogP contribution in [-0.4, -0.2) is 55.3 Å². The van der Waals surface area contributed by atoms with Crippen LogP contribution in [0.3, 0.4) is 0 Å². The summed E-state index contributed by atoms with van der Waals surface area (Å²) in [7, 11) is 0. The molecule has 0 bridgehead atoms. The van der Waals surface area contributed by atoms with E-state index in [0.717, 1.165) is 67.2 Å². The lowest BCUT2D eigenvalue weighted by Gasteiger charge is -2.26. The van der Waals surface area contributed by atoms with Crippen LogP contribution < -0.4 is 15.6 Å². The summed E-state index contributed by atoms with van der Waals surface area (Å²) in [5.41, 5.74) is 7.98. The first-order valence-electron chi connectivity index (χ1n) is 10.8. The molecule has 0 spiro atoms. The van der Waals surface area contributed by atoms with Gasteiger partial charge in [0.2, 0.25) is 5.95 Å². The number of hydrogen-bond donors (Lipinski definition) is 3. The highest BCUT2D eigenvalue weighted by Crippen LogP contribution is 2.32. The number of hydrazine groups is 1. The number of amides is 1. The molecule has 0 unspecified atom stereocenters. The van der Waals surface area contributed by atoms with Crippen LogP contribution in [-0.2, 0) is 17.6 Å². The minimum absolute atomic E-state index is 0.0389. The van der Waals surface area contributed by atoms with E-state index in [4.69, 9.17) is 9.97 Å². The van der Waals surface area contributed by atoms with E-state index in [-0.39, 0.29) is 11.9 Å². The van der Waals surface area contributed by atoms with E-state index in [1.54, 1.807) is 9.96 Å². The Hall–Kier alpha value is -2.66. The molecule has 0 saturated carbocycles. The number of nitrogens with zero attached hydrogens (tertiary/aromatic N) is 6. The van der Waals surface area contributed by atoms with Crippen molar-refractivity contribution in [1.82, 2.24) is 30.0 Å². The van der Waals surface area contributed by atoms with Crippen LogP contribution in [0.2, 0.25) is 0 Å². The first-order valence-corrected chi connectivity index (χ1v) is 11.6. The van der Waals surface area contributed by atoms with E-state index in [9.17, 15) is 4.79 Å². The van der Waals surface area contributed by atoms with Crippen LogP contribution in [0.25, 0.3) is 0 Å². The van der Waals surface area contributed by atoms with E-state index in [1.165, 1.54) is 11.9 Å². The summed E-state index contributed by atoms with van der Waals surface area (Å²) in [5, 5.41) is 10.9. The summed E-state index contributed by atoms with van der Waals surface area (Å²) in [6.07, 6.45) is 4.67. The van der Waals surface area contributed by atoms with Gasteiger partial charge in [-0.3, -0.25) is 20.3 Å². The predicted molar refractivity (Wildman–Crippen MR) is 121 cm³/mol. The molecule has 1 atom stereocenters. The van der Waals surface area contributed by atoms with Crippen LogP contribution in [0.15, 0.2) is 11.1 Å². The SMILES string of the molecule is CC(C)c1cc(Nc2nc(N3CCC[C@@H]3C(=O)NN3CN=CS3)nc3c2CCC3)n[nH]1.